The number of fused-ring (bicyclic) bond motifs is 1. The average molecular weight is 239 g/mol. The van der Waals surface area contributed by atoms with Gasteiger partial charge in [-0.1, -0.05) is 23.4 Å². The molecule has 90 valence electrons. The molecule has 0 saturated heterocycles. The Morgan fingerprint density at radius 3 is 2.44 bits per heavy atom. The van der Waals surface area contributed by atoms with Gasteiger partial charge in [-0.05, 0) is 48.4 Å². The van der Waals surface area contributed by atoms with Gasteiger partial charge in [0.15, 0.2) is 0 Å². The Morgan fingerprint density at radius 1 is 1.00 bits per heavy atom. The predicted molar refractivity (Wildman–Crippen MR) is 70.6 cm³/mol. The molecule has 3 aromatic rings. The highest BCUT2D eigenvalue weighted by Gasteiger charge is 2.11. The van der Waals surface area contributed by atoms with E-state index in [-0.39, 0.29) is 5.75 Å². The lowest BCUT2D eigenvalue weighted by Crippen LogP contribution is -1.82. The molecule has 2 aromatic carbocycles. The standard InChI is InChI=1S/C15H13NO2/c1-9-15(10(2)18-16-9)13-4-3-12-8-14(17)6-5-11(12)7-13/h3-8,17H,1-2H3. The number of phenolic OH excluding ortho intramolecular Hbond substituents is 1. The average Bonchev–Trinajstić information content (AvgIpc) is 2.69. The van der Waals surface area contributed by atoms with E-state index >= 15 is 0 Å². The molecule has 3 rings (SSSR count). The lowest BCUT2D eigenvalue weighted by molar-refractivity contribution is 0.393. The second kappa shape index (κ2) is 3.88. The van der Waals surface area contributed by atoms with Crippen molar-refractivity contribution < 1.29 is 9.63 Å². The molecule has 1 heterocycles. The van der Waals surface area contributed by atoms with E-state index in [1.807, 2.05) is 32.0 Å². The highest BCUT2D eigenvalue weighted by molar-refractivity contribution is 5.88. The van der Waals surface area contributed by atoms with Gasteiger partial charge in [-0.25, -0.2) is 0 Å². The van der Waals surface area contributed by atoms with E-state index in [0.29, 0.717) is 0 Å². The fourth-order valence-electron chi connectivity index (χ4n) is 2.28. The summed E-state index contributed by atoms with van der Waals surface area (Å²) in [6.45, 7) is 3.85. The van der Waals surface area contributed by atoms with Crippen LogP contribution < -0.4 is 0 Å². The molecule has 0 spiro atoms. The Kier molecular flexibility index (Phi) is 2.33. The van der Waals surface area contributed by atoms with Crippen LogP contribution >= 0.6 is 0 Å². The van der Waals surface area contributed by atoms with Crippen molar-refractivity contribution in [2.75, 3.05) is 0 Å². The normalized spacial score (nSPS) is 11.0. The van der Waals surface area contributed by atoms with E-state index in [1.54, 1.807) is 12.1 Å². The number of aromatic nitrogens is 1. The zero-order chi connectivity index (χ0) is 12.7. The van der Waals surface area contributed by atoms with Crippen LogP contribution in [0.25, 0.3) is 21.9 Å². The largest absolute Gasteiger partial charge is 0.508 e. The fraction of sp³-hybridized carbons (Fsp3) is 0.133. The maximum Gasteiger partial charge on any atom is 0.141 e. The second-order valence-corrected chi connectivity index (χ2v) is 4.45. The van der Waals surface area contributed by atoms with Crippen LogP contribution in [0.3, 0.4) is 0 Å². The van der Waals surface area contributed by atoms with E-state index in [1.165, 1.54) is 0 Å². The fourth-order valence-corrected chi connectivity index (χ4v) is 2.28. The van der Waals surface area contributed by atoms with Gasteiger partial charge in [-0.15, -0.1) is 0 Å². The Bertz CT molecular complexity index is 709. The molecule has 3 heteroatoms. The number of hydrogen-bond acceptors (Lipinski definition) is 3. The molecule has 1 N–H and O–H groups in total. The van der Waals surface area contributed by atoms with Crippen LogP contribution in [0.5, 0.6) is 5.75 Å². The molecule has 0 fully saturated rings. The van der Waals surface area contributed by atoms with Crippen molar-refractivity contribution in [1.82, 2.24) is 5.16 Å². The molecule has 0 aliphatic heterocycles. The molecule has 0 amide bonds. The third kappa shape index (κ3) is 1.64. The number of aromatic hydroxyl groups is 1. The summed E-state index contributed by atoms with van der Waals surface area (Å²) in [7, 11) is 0. The van der Waals surface area contributed by atoms with Crippen molar-refractivity contribution in [1.29, 1.82) is 0 Å². The minimum atomic E-state index is 0.285. The molecule has 0 aliphatic rings. The Hall–Kier alpha value is -2.29. The number of hydrogen-bond donors (Lipinski definition) is 1. The van der Waals surface area contributed by atoms with E-state index < -0.39 is 0 Å². The molecule has 1 aromatic heterocycles. The SMILES string of the molecule is Cc1noc(C)c1-c1ccc2cc(O)ccc2c1. The molecule has 18 heavy (non-hydrogen) atoms. The molecule has 0 atom stereocenters. The van der Waals surface area contributed by atoms with Crippen molar-refractivity contribution in [3.63, 3.8) is 0 Å². The smallest absolute Gasteiger partial charge is 0.141 e. The topological polar surface area (TPSA) is 46.3 Å². The summed E-state index contributed by atoms with van der Waals surface area (Å²) in [5.74, 6) is 1.11. The number of phenols is 1. The third-order valence-corrected chi connectivity index (χ3v) is 3.15. The number of benzene rings is 2. The molecule has 0 bridgehead atoms. The molecule has 0 saturated carbocycles. The van der Waals surface area contributed by atoms with E-state index in [2.05, 4.69) is 11.2 Å². The quantitative estimate of drug-likeness (QED) is 0.702. The van der Waals surface area contributed by atoms with Crippen molar-refractivity contribution >= 4 is 10.8 Å². The minimum absolute atomic E-state index is 0.285. The van der Waals surface area contributed by atoms with Crippen LogP contribution in [0, 0.1) is 13.8 Å². The summed E-state index contributed by atoms with van der Waals surface area (Å²) in [5.41, 5.74) is 3.03. The van der Waals surface area contributed by atoms with Crippen LogP contribution in [0.15, 0.2) is 40.9 Å². The third-order valence-electron chi connectivity index (χ3n) is 3.15. The number of rotatable bonds is 1. The highest BCUT2D eigenvalue weighted by atomic mass is 16.5. The number of nitrogens with zero attached hydrogens (tertiary/aromatic N) is 1. The lowest BCUT2D eigenvalue weighted by atomic mass is 10.00. The van der Waals surface area contributed by atoms with Crippen LogP contribution in [-0.4, -0.2) is 10.3 Å². The van der Waals surface area contributed by atoms with Gasteiger partial charge in [0.25, 0.3) is 0 Å². The van der Waals surface area contributed by atoms with Gasteiger partial charge < -0.3 is 9.63 Å². The van der Waals surface area contributed by atoms with E-state index in [0.717, 1.165) is 33.4 Å². The predicted octanol–water partition coefficient (Wildman–Crippen LogP) is 3.82. The second-order valence-electron chi connectivity index (χ2n) is 4.45. The number of aryl methyl sites for hydroxylation is 2. The summed E-state index contributed by atoms with van der Waals surface area (Å²) >= 11 is 0. The monoisotopic (exact) mass is 239 g/mol. The first-order valence-corrected chi connectivity index (χ1v) is 5.81. The van der Waals surface area contributed by atoms with Crippen LogP contribution in [-0.2, 0) is 0 Å². The Morgan fingerprint density at radius 2 is 1.72 bits per heavy atom. The maximum atomic E-state index is 9.45. The minimum Gasteiger partial charge on any atom is -0.508 e. The van der Waals surface area contributed by atoms with Gasteiger partial charge in [0.2, 0.25) is 0 Å². The van der Waals surface area contributed by atoms with Gasteiger partial charge in [0.05, 0.1) is 5.69 Å². The van der Waals surface area contributed by atoms with Crippen LogP contribution in [0.4, 0.5) is 0 Å². The van der Waals surface area contributed by atoms with Gasteiger partial charge in [-0.3, -0.25) is 0 Å². The van der Waals surface area contributed by atoms with Crippen LogP contribution in [0.2, 0.25) is 0 Å². The summed E-state index contributed by atoms with van der Waals surface area (Å²) in [6.07, 6.45) is 0. The van der Waals surface area contributed by atoms with Crippen molar-refractivity contribution in [2.24, 2.45) is 0 Å². The Balaban J connectivity index is 2.23. The van der Waals surface area contributed by atoms with Crippen molar-refractivity contribution in [3.05, 3.63) is 47.9 Å². The molecule has 0 radical (unpaired) electrons. The molecular formula is C15H13NO2. The van der Waals surface area contributed by atoms with Gasteiger partial charge >= 0.3 is 0 Å². The Labute approximate surface area is 105 Å². The lowest BCUT2D eigenvalue weighted by Gasteiger charge is -2.04. The molecular weight excluding hydrogens is 226 g/mol. The van der Waals surface area contributed by atoms with Crippen LogP contribution in [0.1, 0.15) is 11.5 Å². The summed E-state index contributed by atoms with van der Waals surface area (Å²) < 4.78 is 5.19. The highest BCUT2D eigenvalue weighted by Crippen LogP contribution is 2.30. The van der Waals surface area contributed by atoms with E-state index in [9.17, 15) is 5.11 Å². The van der Waals surface area contributed by atoms with Gasteiger partial charge in [-0.2, -0.15) is 0 Å². The summed E-state index contributed by atoms with van der Waals surface area (Å²) in [4.78, 5) is 0. The van der Waals surface area contributed by atoms with Gasteiger partial charge in [0, 0.05) is 5.56 Å². The first-order valence-electron chi connectivity index (χ1n) is 5.81. The zero-order valence-electron chi connectivity index (χ0n) is 10.3. The maximum absolute atomic E-state index is 9.45. The molecule has 0 unspecified atom stereocenters. The first kappa shape index (κ1) is 10.8. The molecule has 0 aliphatic carbocycles. The van der Waals surface area contributed by atoms with E-state index in [4.69, 9.17) is 4.52 Å². The zero-order valence-corrected chi connectivity index (χ0v) is 10.3. The van der Waals surface area contributed by atoms with Crippen molar-refractivity contribution in [2.45, 2.75) is 13.8 Å². The van der Waals surface area contributed by atoms with Crippen molar-refractivity contribution in [3.8, 4) is 16.9 Å². The van der Waals surface area contributed by atoms with Gasteiger partial charge in [0.1, 0.15) is 11.5 Å². The summed E-state index contributed by atoms with van der Waals surface area (Å²) in [6, 6.07) is 11.5. The molecule has 3 nitrogen and oxygen atoms in total. The first-order chi connectivity index (χ1) is 8.65. The summed E-state index contributed by atoms with van der Waals surface area (Å²) in [5, 5.41) is 15.5.